The van der Waals surface area contributed by atoms with Crippen molar-refractivity contribution in [1.29, 1.82) is 0 Å². The minimum absolute atomic E-state index is 0.0750. The number of rotatable bonds is 5. The van der Waals surface area contributed by atoms with E-state index >= 15 is 0 Å². The third kappa shape index (κ3) is 3.37. The molecule has 0 amide bonds. The van der Waals surface area contributed by atoms with E-state index in [0.29, 0.717) is 17.3 Å². The minimum Gasteiger partial charge on any atom is -0.477 e. The van der Waals surface area contributed by atoms with Gasteiger partial charge >= 0.3 is 5.97 Å². The summed E-state index contributed by atoms with van der Waals surface area (Å²) >= 11 is 5.73. The Kier molecular flexibility index (Phi) is 4.24. The van der Waals surface area contributed by atoms with Crippen molar-refractivity contribution in [3.8, 4) is 0 Å². The molecule has 0 saturated carbocycles. The average molecular weight is 329 g/mol. The van der Waals surface area contributed by atoms with Gasteiger partial charge in [-0.25, -0.2) is 13.2 Å². The lowest BCUT2D eigenvalue weighted by atomic mass is 10.3. The summed E-state index contributed by atoms with van der Waals surface area (Å²) in [5.74, 6) is -1.18. The Morgan fingerprint density at radius 3 is 2.43 bits per heavy atom. The van der Waals surface area contributed by atoms with E-state index in [-0.39, 0.29) is 10.6 Å². The van der Waals surface area contributed by atoms with Crippen LogP contribution < -0.4 is 4.72 Å². The highest BCUT2D eigenvalue weighted by Crippen LogP contribution is 2.20. The summed E-state index contributed by atoms with van der Waals surface area (Å²) in [7, 11) is -3.85. The lowest BCUT2D eigenvalue weighted by Crippen LogP contribution is -2.12. The van der Waals surface area contributed by atoms with Crippen molar-refractivity contribution >= 4 is 33.3 Å². The number of hydrogen-bond acceptors (Lipinski definition) is 3. The number of aromatic carboxylic acids is 1. The largest absolute Gasteiger partial charge is 0.477 e. The van der Waals surface area contributed by atoms with Gasteiger partial charge in [-0.3, -0.25) is 4.72 Å². The van der Waals surface area contributed by atoms with Crippen molar-refractivity contribution in [3.63, 3.8) is 0 Å². The molecule has 2 rings (SSSR count). The fourth-order valence-corrected chi connectivity index (χ4v) is 3.03. The first-order valence-electron chi connectivity index (χ1n) is 6.05. The molecule has 21 heavy (non-hydrogen) atoms. The summed E-state index contributed by atoms with van der Waals surface area (Å²) in [5.41, 5.74) is 0.273. The highest BCUT2D eigenvalue weighted by molar-refractivity contribution is 7.92. The van der Waals surface area contributed by atoms with Crippen LogP contribution in [0.25, 0.3) is 0 Å². The Bertz CT molecular complexity index is 766. The van der Waals surface area contributed by atoms with E-state index in [2.05, 4.69) is 4.72 Å². The zero-order valence-electron chi connectivity index (χ0n) is 11.1. The van der Waals surface area contributed by atoms with Crippen LogP contribution in [0, 0.1) is 0 Å². The molecule has 6 nitrogen and oxygen atoms in total. The van der Waals surface area contributed by atoms with Crippen LogP contribution in [0.5, 0.6) is 0 Å². The number of halogens is 1. The average Bonchev–Trinajstić information content (AvgIpc) is 2.86. The Morgan fingerprint density at radius 1 is 1.33 bits per heavy atom. The van der Waals surface area contributed by atoms with E-state index in [1.807, 2.05) is 0 Å². The number of carbonyl (C=O) groups is 1. The van der Waals surface area contributed by atoms with E-state index in [0.717, 1.165) is 6.07 Å². The van der Waals surface area contributed by atoms with Gasteiger partial charge in [0.05, 0.1) is 0 Å². The molecule has 0 saturated heterocycles. The fraction of sp³-hybridized carbons (Fsp3) is 0.154. The summed E-state index contributed by atoms with van der Waals surface area (Å²) in [6, 6.07) is 7.28. The number of carboxylic acids is 1. The smallest absolute Gasteiger partial charge is 0.352 e. The number of nitrogens with one attached hydrogen (secondary N) is 1. The van der Waals surface area contributed by atoms with Crippen molar-refractivity contribution in [2.75, 3.05) is 4.72 Å². The van der Waals surface area contributed by atoms with Crippen molar-refractivity contribution in [2.45, 2.75) is 18.4 Å². The molecule has 8 heteroatoms. The van der Waals surface area contributed by atoms with E-state index in [9.17, 15) is 13.2 Å². The molecule has 0 radical (unpaired) electrons. The van der Waals surface area contributed by atoms with Gasteiger partial charge in [-0.2, -0.15) is 0 Å². The molecule has 1 aromatic heterocycles. The first kappa shape index (κ1) is 15.4. The number of anilines is 1. The van der Waals surface area contributed by atoms with E-state index in [4.69, 9.17) is 16.7 Å². The predicted octanol–water partition coefficient (Wildman–Crippen LogP) is 2.66. The minimum atomic E-state index is -3.85. The van der Waals surface area contributed by atoms with Crippen LogP contribution >= 0.6 is 11.6 Å². The second kappa shape index (κ2) is 5.79. The molecule has 1 aromatic carbocycles. The zero-order chi connectivity index (χ0) is 15.6. The molecular weight excluding hydrogens is 316 g/mol. The van der Waals surface area contributed by atoms with Gasteiger partial charge in [-0.05, 0) is 37.3 Å². The maximum atomic E-state index is 12.2. The van der Waals surface area contributed by atoms with Crippen molar-refractivity contribution in [2.24, 2.45) is 0 Å². The van der Waals surface area contributed by atoms with Crippen LogP contribution in [0.1, 0.15) is 17.4 Å². The molecule has 0 bridgehead atoms. The Morgan fingerprint density at radius 2 is 1.95 bits per heavy atom. The van der Waals surface area contributed by atoms with Gasteiger partial charge in [-0.15, -0.1) is 0 Å². The van der Waals surface area contributed by atoms with Gasteiger partial charge in [0.2, 0.25) is 0 Å². The van der Waals surface area contributed by atoms with E-state index in [1.54, 1.807) is 19.1 Å². The number of hydrogen-bond donors (Lipinski definition) is 2. The van der Waals surface area contributed by atoms with Crippen molar-refractivity contribution in [3.05, 3.63) is 47.2 Å². The first-order valence-corrected chi connectivity index (χ1v) is 7.91. The Labute approximate surface area is 127 Å². The van der Waals surface area contributed by atoms with Gasteiger partial charge in [0.1, 0.15) is 10.6 Å². The molecule has 112 valence electrons. The Hall–Kier alpha value is -1.99. The molecule has 2 aromatic rings. The molecule has 0 aliphatic rings. The summed E-state index contributed by atoms with van der Waals surface area (Å²) < 4.78 is 28.2. The van der Waals surface area contributed by atoms with Crippen molar-refractivity contribution in [1.82, 2.24) is 4.57 Å². The number of sulfonamides is 1. The zero-order valence-corrected chi connectivity index (χ0v) is 12.6. The van der Waals surface area contributed by atoms with Crippen LogP contribution in [0.15, 0.2) is 41.4 Å². The lowest BCUT2D eigenvalue weighted by Gasteiger charge is -2.06. The normalized spacial score (nSPS) is 11.3. The second-order valence-corrected chi connectivity index (χ2v) is 6.38. The number of aryl methyl sites for hydroxylation is 1. The first-order chi connectivity index (χ1) is 9.83. The van der Waals surface area contributed by atoms with Crippen LogP contribution in [-0.4, -0.2) is 24.1 Å². The third-order valence-electron chi connectivity index (χ3n) is 2.84. The number of aromatic nitrogens is 1. The Balaban J connectivity index is 2.35. The predicted molar refractivity (Wildman–Crippen MR) is 79.3 cm³/mol. The van der Waals surface area contributed by atoms with Gasteiger partial charge in [0, 0.05) is 23.5 Å². The molecular formula is C13H13ClN2O4S. The maximum Gasteiger partial charge on any atom is 0.352 e. The van der Waals surface area contributed by atoms with Crippen LogP contribution in [0.4, 0.5) is 5.69 Å². The van der Waals surface area contributed by atoms with Gasteiger partial charge in [0.15, 0.2) is 0 Å². The summed E-state index contributed by atoms with van der Waals surface area (Å²) in [5, 5.41) is 9.53. The summed E-state index contributed by atoms with van der Waals surface area (Å²) in [6.07, 6.45) is 1.29. The third-order valence-corrected chi connectivity index (χ3v) is 4.44. The highest BCUT2D eigenvalue weighted by Gasteiger charge is 2.21. The van der Waals surface area contributed by atoms with Gasteiger partial charge in [-0.1, -0.05) is 11.6 Å². The molecule has 2 N–H and O–H groups in total. The fourth-order valence-electron chi connectivity index (χ4n) is 1.80. The van der Waals surface area contributed by atoms with E-state index < -0.39 is 16.0 Å². The summed E-state index contributed by atoms with van der Waals surface area (Å²) in [6.45, 7) is 2.09. The highest BCUT2D eigenvalue weighted by atomic mass is 35.5. The standard InChI is InChI=1S/C13H13ClN2O4S/c1-2-16-8-11(7-12(16)13(17)18)21(19,20)15-10-5-3-9(14)4-6-10/h3-8,15H,2H2,1H3,(H,17,18). The van der Waals surface area contributed by atoms with Crippen LogP contribution in [0.2, 0.25) is 5.02 Å². The topological polar surface area (TPSA) is 88.4 Å². The second-order valence-electron chi connectivity index (χ2n) is 4.26. The SMILES string of the molecule is CCn1cc(S(=O)(=O)Nc2ccc(Cl)cc2)cc1C(=O)O. The van der Waals surface area contributed by atoms with Crippen LogP contribution in [-0.2, 0) is 16.6 Å². The quantitative estimate of drug-likeness (QED) is 0.883. The molecule has 0 fully saturated rings. The monoisotopic (exact) mass is 328 g/mol. The molecule has 0 spiro atoms. The molecule has 1 heterocycles. The molecule has 0 aliphatic heterocycles. The lowest BCUT2D eigenvalue weighted by molar-refractivity contribution is 0.0685. The van der Waals surface area contributed by atoms with Gasteiger partial charge in [0.25, 0.3) is 10.0 Å². The van der Waals surface area contributed by atoms with Gasteiger partial charge < -0.3 is 9.67 Å². The number of carboxylic acid groups (broad SMARTS) is 1. The summed E-state index contributed by atoms with van der Waals surface area (Å²) in [4.78, 5) is 11.0. The van der Waals surface area contributed by atoms with Crippen molar-refractivity contribution < 1.29 is 18.3 Å². The van der Waals surface area contributed by atoms with E-state index in [1.165, 1.54) is 22.9 Å². The van der Waals surface area contributed by atoms with Crippen LogP contribution in [0.3, 0.4) is 0 Å². The number of benzene rings is 1. The molecule has 0 atom stereocenters. The molecule has 0 aliphatic carbocycles. The number of nitrogens with zero attached hydrogens (tertiary/aromatic N) is 1. The molecule has 0 unspecified atom stereocenters. The maximum absolute atomic E-state index is 12.2.